The topological polar surface area (TPSA) is 88.6 Å². The molecule has 114 valence electrons. The lowest BCUT2D eigenvalue weighted by Crippen LogP contribution is -2.41. The number of nitrogens with one attached hydrogen (secondary N) is 1. The highest BCUT2D eigenvalue weighted by Crippen LogP contribution is 2.16. The summed E-state index contributed by atoms with van der Waals surface area (Å²) in [6.45, 7) is 4.81. The first-order valence-electron chi connectivity index (χ1n) is 6.56. The Hall–Kier alpha value is -1.96. The van der Waals surface area contributed by atoms with E-state index in [1.165, 1.54) is 11.3 Å². The Kier molecular flexibility index (Phi) is 4.26. The number of esters is 1. The van der Waals surface area contributed by atoms with Gasteiger partial charge in [0, 0.05) is 5.38 Å². The molecule has 0 aromatic carbocycles. The summed E-state index contributed by atoms with van der Waals surface area (Å²) in [7, 11) is 0. The van der Waals surface area contributed by atoms with Crippen molar-refractivity contribution in [1.82, 2.24) is 15.2 Å². The SMILES string of the molecule is CCc1nc(COC(=O)CN2C(=O)NC(C)(C)C2=O)cs1. The molecule has 7 nitrogen and oxygen atoms in total. The second-order valence-corrected chi connectivity index (χ2v) is 6.14. The van der Waals surface area contributed by atoms with E-state index < -0.39 is 30.0 Å². The molecule has 0 atom stereocenters. The van der Waals surface area contributed by atoms with E-state index in [1.807, 2.05) is 12.3 Å². The van der Waals surface area contributed by atoms with Crippen molar-refractivity contribution in [1.29, 1.82) is 0 Å². The van der Waals surface area contributed by atoms with Gasteiger partial charge in [0.05, 0.1) is 10.7 Å². The van der Waals surface area contributed by atoms with Crippen LogP contribution in [0.15, 0.2) is 5.38 Å². The van der Waals surface area contributed by atoms with Gasteiger partial charge in [-0.1, -0.05) is 6.92 Å². The molecule has 1 aliphatic rings. The summed E-state index contributed by atoms with van der Waals surface area (Å²) >= 11 is 1.50. The lowest BCUT2D eigenvalue weighted by atomic mass is 10.1. The standard InChI is InChI=1S/C13H17N3O4S/c1-4-9-14-8(7-21-9)6-20-10(17)5-16-11(18)13(2,3)15-12(16)19/h7H,4-6H2,1-3H3,(H,15,19). The average Bonchev–Trinajstić information content (AvgIpc) is 2.95. The number of rotatable bonds is 5. The number of carbonyl (C=O) groups excluding carboxylic acids is 3. The van der Waals surface area contributed by atoms with Crippen LogP contribution in [0, 0.1) is 0 Å². The summed E-state index contributed by atoms with van der Waals surface area (Å²) in [6.07, 6.45) is 0.830. The molecule has 0 radical (unpaired) electrons. The van der Waals surface area contributed by atoms with Crippen LogP contribution in [0.3, 0.4) is 0 Å². The molecular formula is C13H17N3O4S. The molecule has 0 saturated carbocycles. The zero-order valence-corrected chi connectivity index (χ0v) is 13.0. The Bertz CT molecular complexity index is 582. The highest BCUT2D eigenvalue weighted by Gasteiger charge is 2.45. The predicted molar refractivity (Wildman–Crippen MR) is 75.6 cm³/mol. The Morgan fingerprint density at radius 2 is 2.19 bits per heavy atom. The van der Waals surface area contributed by atoms with Crippen LogP contribution in [0.1, 0.15) is 31.5 Å². The van der Waals surface area contributed by atoms with Crippen molar-refractivity contribution in [3.05, 3.63) is 16.1 Å². The van der Waals surface area contributed by atoms with Crippen molar-refractivity contribution in [3.8, 4) is 0 Å². The van der Waals surface area contributed by atoms with Gasteiger partial charge < -0.3 is 10.1 Å². The zero-order chi connectivity index (χ0) is 15.6. The van der Waals surface area contributed by atoms with Gasteiger partial charge in [-0.15, -0.1) is 11.3 Å². The second-order valence-electron chi connectivity index (χ2n) is 5.19. The monoisotopic (exact) mass is 311 g/mol. The van der Waals surface area contributed by atoms with Crippen LogP contribution >= 0.6 is 11.3 Å². The van der Waals surface area contributed by atoms with E-state index in [0.717, 1.165) is 16.3 Å². The molecule has 1 N–H and O–H groups in total. The molecule has 3 amide bonds. The van der Waals surface area contributed by atoms with Gasteiger partial charge >= 0.3 is 12.0 Å². The average molecular weight is 311 g/mol. The van der Waals surface area contributed by atoms with Crippen LogP contribution in [0.4, 0.5) is 4.79 Å². The summed E-state index contributed by atoms with van der Waals surface area (Å²) in [6, 6.07) is -0.580. The first kappa shape index (κ1) is 15.4. The molecule has 0 spiro atoms. The van der Waals surface area contributed by atoms with Gasteiger partial charge in [-0.05, 0) is 20.3 Å². The summed E-state index contributed by atoms with van der Waals surface area (Å²) in [5, 5.41) is 5.29. The van der Waals surface area contributed by atoms with Gasteiger partial charge in [0.15, 0.2) is 0 Å². The minimum atomic E-state index is -0.984. The molecular weight excluding hydrogens is 294 g/mol. The van der Waals surface area contributed by atoms with Crippen molar-refractivity contribution in [2.75, 3.05) is 6.54 Å². The predicted octanol–water partition coefficient (Wildman–Crippen LogP) is 1.08. The molecule has 0 bridgehead atoms. The Labute approximate surface area is 126 Å². The molecule has 0 aliphatic carbocycles. The molecule has 2 heterocycles. The van der Waals surface area contributed by atoms with Crippen LogP contribution in [0.5, 0.6) is 0 Å². The minimum absolute atomic E-state index is 0.0440. The second kappa shape index (κ2) is 5.80. The van der Waals surface area contributed by atoms with E-state index in [0.29, 0.717) is 5.69 Å². The third kappa shape index (κ3) is 3.38. The number of carbonyl (C=O) groups is 3. The number of urea groups is 1. The lowest BCUT2D eigenvalue weighted by molar-refractivity contribution is -0.148. The zero-order valence-electron chi connectivity index (χ0n) is 12.1. The minimum Gasteiger partial charge on any atom is -0.458 e. The van der Waals surface area contributed by atoms with Crippen molar-refractivity contribution >= 4 is 29.2 Å². The van der Waals surface area contributed by atoms with Crippen LogP contribution in [-0.2, 0) is 27.4 Å². The largest absolute Gasteiger partial charge is 0.458 e. The number of imide groups is 1. The third-order valence-corrected chi connectivity index (χ3v) is 4.06. The molecule has 2 rings (SSSR count). The summed E-state index contributed by atoms with van der Waals surface area (Å²) in [4.78, 5) is 40.4. The lowest BCUT2D eigenvalue weighted by Gasteiger charge is -2.15. The highest BCUT2D eigenvalue weighted by molar-refractivity contribution is 7.09. The summed E-state index contributed by atoms with van der Waals surface area (Å²) in [5.74, 6) is -1.08. The number of amides is 3. The fraction of sp³-hybridized carbons (Fsp3) is 0.538. The van der Waals surface area contributed by atoms with Gasteiger partial charge in [0.2, 0.25) is 0 Å². The molecule has 1 aromatic heterocycles. The molecule has 1 aromatic rings. The van der Waals surface area contributed by atoms with Crippen LogP contribution in [-0.4, -0.2) is 39.9 Å². The van der Waals surface area contributed by atoms with E-state index in [9.17, 15) is 14.4 Å². The van der Waals surface area contributed by atoms with Crippen LogP contribution in [0.25, 0.3) is 0 Å². The van der Waals surface area contributed by atoms with E-state index in [2.05, 4.69) is 10.3 Å². The van der Waals surface area contributed by atoms with E-state index >= 15 is 0 Å². The molecule has 21 heavy (non-hydrogen) atoms. The molecule has 1 saturated heterocycles. The maximum atomic E-state index is 11.9. The van der Waals surface area contributed by atoms with Crippen molar-refractivity contribution in [3.63, 3.8) is 0 Å². The maximum Gasteiger partial charge on any atom is 0.326 e. The van der Waals surface area contributed by atoms with E-state index in [4.69, 9.17) is 4.74 Å². The quantitative estimate of drug-likeness (QED) is 0.649. The normalized spacial score (nSPS) is 17.0. The Balaban J connectivity index is 1.87. The van der Waals surface area contributed by atoms with Gasteiger partial charge in [0.25, 0.3) is 5.91 Å². The number of hydrogen-bond acceptors (Lipinski definition) is 6. The first-order valence-corrected chi connectivity index (χ1v) is 7.44. The first-order chi connectivity index (χ1) is 9.83. The van der Waals surface area contributed by atoms with Crippen molar-refractivity contribution in [2.45, 2.75) is 39.3 Å². The van der Waals surface area contributed by atoms with Crippen LogP contribution in [0.2, 0.25) is 0 Å². The number of aryl methyl sites for hydroxylation is 1. The number of aromatic nitrogens is 1. The Morgan fingerprint density at radius 1 is 1.48 bits per heavy atom. The van der Waals surface area contributed by atoms with Crippen molar-refractivity contribution in [2.24, 2.45) is 0 Å². The van der Waals surface area contributed by atoms with E-state index in [1.54, 1.807) is 13.8 Å². The summed E-state index contributed by atoms with van der Waals surface area (Å²) < 4.78 is 5.04. The van der Waals surface area contributed by atoms with Gasteiger partial charge in [0.1, 0.15) is 18.7 Å². The van der Waals surface area contributed by atoms with Gasteiger partial charge in [-0.3, -0.25) is 14.5 Å². The molecule has 8 heteroatoms. The molecule has 1 fully saturated rings. The number of nitrogens with zero attached hydrogens (tertiary/aromatic N) is 2. The highest BCUT2D eigenvalue weighted by atomic mass is 32.1. The molecule has 1 aliphatic heterocycles. The summed E-state index contributed by atoms with van der Waals surface area (Å²) in [5.41, 5.74) is -0.315. The van der Waals surface area contributed by atoms with Crippen LogP contribution < -0.4 is 5.32 Å². The fourth-order valence-corrected chi connectivity index (χ4v) is 2.60. The molecule has 0 unspecified atom stereocenters. The van der Waals surface area contributed by atoms with Gasteiger partial charge in [-0.25, -0.2) is 9.78 Å². The number of thiazole rings is 1. The fourth-order valence-electron chi connectivity index (χ4n) is 1.87. The van der Waals surface area contributed by atoms with E-state index in [-0.39, 0.29) is 6.61 Å². The number of hydrogen-bond donors (Lipinski definition) is 1. The number of ether oxygens (including phenoxy) is 1. The van der Waals surface area contributed by atoms with Gasteiger partial charge in [-0.2, -0.15) is 0 Å². The smallest absolute Gasteiger partial charge is 0.326 e. The Morgan fingerprint density at radius 3 is 2.71 bits per heavy atom. The third-order valence-electron chi connectivity index (χ3n) is 3.01. The maximum absolute atomic E-state index is 11.9. The van der Waals surface area contributed by atoms with Crippen molar-refractivity contribution < 1.29 is 19.1 Å².